The van der Waals surface area contributed by atoms with Crippen LogP contribution >= 0.6 is 15.9 Å². The van der Waals surface area contributed by atoms with E-state index in [0.717, 1.165) is 44.3 Å². The number of benzene rings is 3. The van der Waals surface area contributed by atoms with Gasteiger partial charge < -0.3 is 10.1 Å². The van der Waals surface area contributed by atoms with Gasteiger partial charge in [0.25, 0.3) is 0 Å². The number of rotatable bonds is 5. The molecule has 1 heterocycles. The summed E-state index contributed by atoms with van der Waals surface area (Å²) in [5.41, 5.74) is 1.84. The standard InChI is InChI=1S/C24H18BrF3N2O/c1-31-19-9-2-15(3-10-19)13-29-23-21-12-18(25)8-11-20(21)22(14-30-23)16-4-6-17(7-5-16)24(26,27)28/h2-12,14H,13H2,1H3,(H,29,30). The van der Waals surface area contributed by atoms with Crippen LogP contribution in [0.5, 0.6) is 5.75 Å². The summed E-state index contributed by atoms with van der Waals surface area (Å²) < 4.78 is 44.8. The number of hydrogen-bond acceptors (Lipinski definition) is 3. The summed E-state index contributed by atoms with van der Waals surface area (Å²) in [7, 11) is 1.62. The first-order valence-corrected chi connectivity index (χ1v) is 10.3. The van der Waals surface area contributed by atoms with Crippen molar-refractivity contribution in [2.24, 2.45) is 0 Å². The number of aromatic nitrogens is 1. The van der Waals surface area contributed by atoms with E-state index < -0.39 is 11.7 Å². The summed E-state index contributed by atoms with van der Waals surface area (Å²) >= 11 is 3.50. The summed E-state index contributed by atoms with van der Waals surface area (Å²) in [5, 5.41) is 5.13. The Balaban J connectivity index is 1.68. The molecule has 31 heavy (non-hydrogen) atoms. The molecule has 0 saturated heterocycles. The maximum Gasteiger partial charge on any atom is 0.416 e. The summed E-state index contributed by atoms with van der Waals surface area (Å²) in [6.07, 6.45) is -2.67. The van der Waals surface area contributed by atoms with Gasteiger partial charge in [-0.05, 0) is 52.9 Å². The topological polar surface area (TPSA) is 34.1 Å². The summed E-state index contributed by atoms with van der Waals surface area (Å²) in [6, 6.07) is 18.7. The SMILES string of the molecule is COc1ccc(CNc2ncc(-c3ccc(C(F)(F)F)cc3)c3ccc(Br)cc23)cc1. The Bertz CT molecular complexity index is 1210. The zero-order valence-electron chi connectivity index (χ0n) is 16.5. The fraction of sp³-hybridized carbons (Fsp3) is 0.125. The van der Waals surface area contributed by atoms with E-state index in [2.05, 4.69) is 26.2 Å². The lowest BCUT2D eigenvalue weighted by molar-refractivity contribution is -0.137. The lowest BCUT2D eigenvalue weighted by atomic mass is 9.99. The zero-order chi connectivity index (χ0) is 22.0. The van der Waals surface area contributed by atoms with Gasteiger partial charge in [-0.2, -0.15) is 13.2 Å². The zero-order valence-corrected chi connectivity index (χ0v) is 18.1. The second-order valence-electron chi connectivity index (χ2n) is 6.99. The van der Waals surface area contributed by atoms with E-state index in [1.54, 1.807) is 13.3 Å². The Morgan fingerprint density at radius 1 is 0.935 bits per heavy atom. The number of halogens is 4. The van der Waals surface area contributed by atoms with Gasteiger partial charge in [0.15, 0.2) is 0 Å². The quantitative estimate of drug-likeness (QED) is 0.321. The molecule has 1 aromatic heterocycles. The molecule has 158 valence electrons. The highest BCUT2D eigenvalue weighted by Crippen LogP contribution is 2.35. The van der Waals surface area contributed by atoms with Gasteiger partial charge in [0, 0.05) is 28.2 Å². The molecule has 4 rings (SSSR count). The molecule has 4 aromatic rings. The maximum absolute atomic E-state index is 12.9. The summed E-state index contributed by atoms with van der Waals surface area (Å²) in [6.45, 7) is 0.568. The lowest BCUT2D eigenvalue weighted by Crippen LogP contribution is -2.04. The lowest BCUT2D eigenvalue weighted by Gasteiger charge is -2.14. The van der Waals surface area contributed by atoms with Crippen LogP contribution in [0.4, 0.5) is 19.0 Å². The third-order valence-electron chi connectivity index (χ3n) is 4.99. The minimum atomic E-state index is -4.36. The average Bonchev–Trinajstić information content (AvgIpc) is 2.77. The predicted molar refractivity (Wildman–Crippen MR) is 120 cm³/mol. The van der Waals surface area contributed by atoms with Crippen LogP contribution < -0.4 is 10.1 Å². The highest BCUT2D eigenvalue weighted by molar-refractivity contribution is 9.10. The Hall–Kier alpha value is -3.06. The molecular formula is C24H18BrF3N2O. The van der Waals surface area contributed by atoms with Gasteiger partial charge in [-0.15, -0.1) is 0 Å². The number of fused-ring (bicyclic) bond motifs is 1. The van der Waals surface area contributed by atoms with E-state index >= 15 is 0 Å². The first-order valence-electron chi connectivity index (χ1n) is 9.48. The van der Waals surface area contributed by atoms with Crippen molar-refractivity contribution < 1.29 is 17.9 Å². The molecule has 0 aliphatic rings. The van der Waals surface area contributed by atoms with Crippen LogP contribution in [-0.4, -0.2) is 12.1 Å². The molecule has 0 amide bonds. The normalized spacial score (nSPS) is 11.5. The van der Waals surface area contributed by atoms with Gasteiger partial charge in [-0.3, -0.25) is 0 Å². The van der Waals surface area contributed by atoms with Gasteiger partial charge in [0.2, 0.25) is 0 Å². The highest BCUT2D eigenvalue weighted by Gasteiger charge is 2.30. The second-order valence-corrected chi connectivity index (χ2v) is 7.90. The average molecular weight is 487 g/mol. The van der Waals surface area contributed by atoms with Crippen molar-refractivity contribution >= 4 is 32.5 Å². The number of hydrogen-bond donors (Lipinski definition) is 1. The number of anilines is 1. The van der Waals surface area contributed by atoms with Crippen LogP contribution in [0.2, 0.25) is 0 Å². The maximum atomic E-state index is 12.9. The molecule has 0 saturated carbocycles. The molecular weight excluding hydrogens is 469 g/mol. The third kappa shape index (κ3) is 4.66. The van der Waals surface area contributed by atoms with Crippen molar-refractivity contribution in [3.8, 4) is 16.9 Å². The molecule has 0 aliphatic carbocycles. The summed E-state index contributed by atoms with van der Waals surface area (Å²) in [5.74, 6) is 1.49. The molecule has 3 nitrogen and oxygen atoms in total. The van der Waals surface area contributed by atoms with Crippen molar-refractivity contribution in [1.82, 2.24) is 4.98 Å². The van der Waals surface area contributed by atoms with Crippen molar-refractivity contribution in [2.75, 3.05) is 12.4 Å². The molecule has 0 bridgehead atoms. The van der Waals surface area contributed by atoms with Crippen LogP contribution in [0.25, 0.3) is 21.9 Å². The van der Waals surface area contributed by atoms with E-state index in [9.17, 15) is 13.2 Å². The molecule has 7 heteroatoms. The van der Waals surface area contributed by atoms with Crippen LogP contribution in [0, 0.1) is 0 Å². The number of pyridine rings is 1. The summed E-state index contributed by atoms with van der Waals surface area (Å²) in [4.78, 5) is 4.57. The first kappa shape index (κ1) is 21.2. The van der Waals surface area contributed by atoms with E-state index in [-0.39, 0.29) is 0 Å². The molecule has 0 aliphatic heterocycles. The van der Waals surface area contributed by atoms with E-state index in [1.807, 2.05) is 42.5 Å². The number of ether oxygens (including phenoxy) is 1. The van der Waals surface area contributed by atoms with Crippen LogP contribution in [-0.2, 0) is 12.7 Å². The molecule has 0 spiro atoms. The Morgan fingerprint density at radius 2 is 1.65 bits per heavy atom. The van der Waals surface area contributed by atoms with E-state index in [4.69, 9.17) is 4.74 Å². The molecule has 1 N–H and O–H groups in total. The van der Waals surface area contributed by atoms with Gasteiger partial charge in [0.05, 0.1) is 12.7 Å². The minimum Gasteiger partial charge on any atom is -0.497 e. The highest BCUT2D eigenvalue weighted by atomic mass is 79.9. The minimum absolute atomic E-state index is 0.568. The van der Waals surface area contributed by atoms with Crippen LogP contribution in [0.3, 0.4) is 0 Å². The van der Waals surface area contributed by atoms with Gasteiger partial charge in [0.1, 0.15) is 11.6 Å². The number of nitrogens with zero attached hydrogens (tertiary/aromatic N) is 1. The fourth-order valence-electron chi connectivity index (χ4n) is 3.35. The third-order valence-corrected chi connectivity index (χ3v) is 5.49. The largest absolute Gasteiger partial charge is 0.497 e. The van der Waals surface area contributed by atoms with Gasteiger partial charge in [-0.1, -0.05) is 46.3 Å². The van der Waals surface area contributed by atoms with E-state index in [0.29, 0.717) is 17.9 Å². The van der Waals surface area contributed by atoms with E-state index in [1.165, 1.54) is 12.1 Å². The Labute approximate surface area is 186 Å². The number of methoxy groups -OCH3 is 1. The monoisotopic (exact) mass is 486 g/mol. The smallest absolute Gasteiger partial charge is 0.416 e. The Kier molecular flexibility index (Phi) is 5.87. The Morgan fingerprint density at radius 3 is 2.29 bits per heavy atom. The van der Waals surface area contributed by atoms with Crippen molar-refractivity contribution in [2.45, 2.75) is 12.7 Å². The predicted octanol–water partition coefficient (Wildman–Crippen LogP) is 7.30. The van der Waals surface area contributed by atoms with Crippen molar-refractivity contribution in [3.05, 3.63) is 88.5 Å². The number of nitrogens with one attached hydrogen (secondary N) is 1. The van der Waals surface area contributed by atoms with Gasteiger partial charge in [-0.25, -0.2) is 4.98 Å². The molecule has 0 radical (unpaired) electrons. The van der Waals surface area contributed by atoms with Crippen LogP contribution in [0.15, 0.2) is 77.4 Å². The van der Waals surface area contributed by atoms with Gasteiger partial charge >= 0.3 is 6.18 Å². The molecule has 3 aromatic carbocycles. The fourth-order valence-corrected chi connectivity index (χ4v) is 3.72. The molecule has 0 fully saturated rings. The van der Waals surface area contributed by atoms with Crippen molar-refractivity contribution in [1.29, 1.82) is 0 Å². The molecule has 0 atom stereocenters. The first-order chi connectivity index (χ1) is 14.8. The molecule has 0 unspecified atom stereocenters. The van der Waals surface area contributed by atoms with Crippen LogP contribution in [0.1, 0.15) is 11.1 Å². The number of alkyl halides is 3. The second kappa shape index (κ2) is 8.59. The van der Waals surface area contributed by atoms with Crippen molar-refractivity contribution in [3.63, 3.8) is 0 Å².